The van der Waals surface area contributed by atoms with E-state index in [1.165, 1.54) is 6.07 Å². The van der Waals surface area contributed by atoms with Crippen molar-refractivity contribution in [2.24, 2.45) is 5.92 Å². The Labute approximate surface area is 181 Å². The highest BCUT2D eigenvalue weighted by Gasteiger charge is 2.36. The Morgan fingerprint density at radius 2 is 2.03 bits per heavy atom. The zero-order valence-electron chi connectivity index (χ0n) is 17.5. The smallest absolute Gasteiger partial charge is 0.380 e. The summed E-state index contributed by atoms with van der Waals surface area (Å²) in [7, 11) is 0. The first-order valence-corrected chi connectivity index (χ1v) is 10.3. The minimum absolute atomic E-state index is 0.0169. The number of fused-ring (bicyclic) bond motifs is 3. The van der Waals surface area contributed by atoms with Gasteiger partial charge in [0.05, 0.1) is 43.5 Å². The summed E-state index contributed by atoms with van der Waals surface area (Å²) in [5, 5.41) is 11.4. The number of benzene rings is 1. The predicted octanol–water partition coefficient (Wildman–Crippen LogP) is 3.11. The van der Waals surface area contributed by atoms with Crippen molar-refractivity contribution >= 4 is 17.5 Å². The number of aromatic nitrogens is 4. The van der Waals surface area contributed by atoms with E-state index < -0.39 is 17.8 Å². The molecule has 0 aliphatic carbocycles. The van der Waals surface area contributed by atoms with Crippen LogP contribution in [0.25, 0.3) is 5.78 Å². The van der Waals surface area contributed by atoms with E-state index in [4.69, 9.17) is 4.74 Å². The number of halogens is 3. The number of nitrogens with one attached hydrogen (secondary N) is 1. The second-order valence-electron chi connectivity index (χ2n) is 8.19. The molecule has 1 fully saturated rings. The highest BCUT2D eigenvalue weighted by molar-refractivity contribution is 5.81. The molecule has 2 aromatic heterocycles. The molecular formula is C21H21F3N6O2. The van der Waals surface area contributed by atoms with Gasteiger partial charge in [-0.05, 0) is 31.5 Å². The van der Waals surface area contributed by atoms with Crippen LogP contribution in [-0.4, -0.2) is 43.6 Å². The van der Waals surface area contributed by atoms with Gasteiger partial charge in [-0.1, -0.05) is 12.1 Å². The fraction of sp³-hybridized carbons (Fsp3) is 0.429. The Morgan fingerprint density at radius 3 is 2.72 bits per heavy atom. The summed E-state index contributed by atoms with van der Waals surface area (Å²) < 4.78 is 46.4. The second kappa shape index (κ2) is 7.44. The number of hydrogen-bond donors (Lipinski definition) is 1. The van der Waals surface area contributed by atoms with Crippen LogP contribution in [0.3, 0.4) is 0 Å². The van der Waals surface area contributed by atoms with Crippen molar-refractivity contribution in [2.75, 3.05) is 18.5 Å². The molecule has 168 valence electrons. The van der Waals surface area contributed by atoms with Gasteiger partial charge in [0.25, 0.3) is 5.78 Å². The van der Waals surface area contributed by atoms with Crippen LogP contribution < -0.4 is 5.32 Å². The van der Waals surface area contributed by atoms with Crippen molar-refractivity contribution in [1.29, 1.82) is 0 Å². The molecule has 4 heterocycles. The molecule has 1 N–H and O–H groups in total. The maximum atomic E-state index is 13.1. The molecule has 3 aromatic rings. The highest BCUT2D eigenvalue weighted by atomic mass is 19.4. The Hall–Kier alpha value is -3.21. The molecule has 2 aliphatic rings. The van der Waals surface area contributed by atoms with E-state index in [0.29, 0.717) is 49.3 Å². The average molecular weight is 446 g/mol. The SMILES string of the molecule is Cc1nnc2nc(NC(C)c3cccc(C(F)(F)F)c3)c3c(n12)CN(C(=O)C1COC1)C3. The van der Waals surface area contributed by atoms with E-state index in [9.17, 15) is 18.0 Å². The summed E-state index contributed by atoms with van der Waals surface area (Å²) in [4.78, 5) is 19.1. The van der Waals surface area contributed by atoms with Gasteiger partial charge < -0.3 is 15.0 Å². The van der Waals surface area contributed by atoms with Gasteiger partial charge in [0, 0.05) is 11.6 Å². The lowest BCUT2D eigenvalue weighted by atomic mass is 10.0. The number of ether oxygens (including phenoxy) is 1. The highest BCUT2D eigenvalue weighted by Crippen LogP contribution is 2.34. The lowest BCUT2D eigenvalue weighted by Gasteiger charge is -2.29. The fourth-order valence-electron chi connectivity index (χ4n) is 4.12. The second-order valence-corrected chi connectivity index (χ2v) is 8.19. The summed E-state index contributed by atoms with van der Waals surface area (Å²) in [5.41, 5.74) is 1.44. The minimum atomic E-state index is -4.42. The number of alkyl halides is 3. The Kier molecular flexibility index (Phi) is 4.81. The number of nitrogens with zero attached hydrogens (tertiary/aromatic N) is 5. The molecule has 0 spiro atoms. The van der Waals surface area contributed by atoms with Crippen LogP contribution in [0.5, 0.6) is 0 Å². The van der Waals surface area contributed by atoms with Gasteiger partial charge in [0.2, 0.25) is 5.91 Å². The number of hydrogen-bond acceptors (Lipinski definition) is 6. The molecule has 1 atom stereocenters. The van der Waals surface area contributed by atoms with Crippen molar-refractivity contribution in [1.82, 2.24) is 24.5 Å². The molecular weight excluding hydrogens is 425 g/mol. The number of anilines is 1. The van der Waals surface area contributed by atoms with Crippen LogP contribution in [0.15, 0.2) is 24.3 Å². The first-order chi connectivity index (χ1) is 15.2. The minimum Gasteiger partial charge on any atom is -0.380 e. The lowest BCUT2D eigenvalue weighted by molar-refractivity contribution is -0.150. The number of carbonyl (C=O) groups excluding carboxylic acids is 1. The summed E-state index contributed by atoms with van der Waals surface area (Å²) >= 11 is 0. The Bertz CT molecular complexity index is 1200. The Balaban J connectivity index is 1.48. The van der Waals surface area contributed by atoms with E-state index in [-0.39, 0.29) is 11.8 Å². The normalized spacial score (nSPS) is 17.3. The molecule has 11 heteroatoms. The summed E-state index contributed by atoms with van der Waals surface area (Å²) in [6, 6.07) is 4.75. The van der Waals surface area contributed by atoms with Crippen molar-refractivity contribution in [3.05, 3.63) is 52.5 Å². The molecule has 0 radical (unpaired) electrons. The number of carbonyl (C=O) groups is 1. The molecule has 1 aromatic carbocycles. The molecule has 0 bridgehead atoms. The van der Waals surface area contributed by atoms with Crippen LogP contribution >= 0.6 is 0 Å². The van der Waals surface area contributed by atoms with Gasteiger partial charge in [-0.15, -0.1) is 10.2 Å². The third-order valence-corrected chi connectivity index (χ3v) is 5.98. The van der Waals surface area contributed by atoms with E-state index in [1.807, 2.05) is 11.3 Å². The van der Waals surface area contributed by atoms with Gasteiger partial charge in [0.1, 0.15) is 11.6 Å². The van der Waals surface area contributed by atoms with Gasteiger partial charge in [-0.25, -0.2) is 0 Å². The average Bonchev–Trinajstić information content (AvgIpc) is 3.30. The fourth-order valence-corrected chi connectivity index (χ4v) is 4.12. The van der Waals surface area contributed by atoms with Crippen molar-refractivity contribution in [2.45, 2.75) is 39.2 Å². The molecule has 8 nitrogen and oxygen atoms in total. The van der Waals surface area contributed by atoms with Crippen LogP contribution in [0.2, 0.25) is 0 Å². The number of rotatable bonds is 4. The monoisotopic (exact) mass is 446 g/mol. The van der Waals surface area contributed by atoms with Crippen molar-refractivity contribution < 1.29 is 22.7 Å². The van der Waals surface area contributed by atoms with E-state index >= 15 is 0 Å². The maximum Gasteiger partial charge on any atom is 0.416 e. The van der Waals surface area contributed by atoms with E-state index in [1.54, 1.807) is 17.9 Å². The molecule has 32 heavy (non-hydrogen) atoms. The van der Waals surface area contributed by atoms with Crippen LogP contribution in [0, 0.1) is 12.8 Å². The quantitative estimate of drug-likeness (QED) is 0.663. The summed E-state index contributed by atoms with van der Waals surface area (Å²) in [5.74, 6) is 1.40. The van der Waals surface area contributed by atoms with Gasteiger partial charge in [0.15, 0.2) is 0 Å². The largest absolute Gasteiger partial charge is 0.416 e. The zero-order valence-corrected chi connectivity index (χ0v) is 17.5. The molecule has 2 aliphatic heterocycles. The number of amides is 1. The first kappa shape index (κ1) is 20.7. The van der Waals surface area contributed by atoms with Crippen LogP contribution in [0.1, 0.15) is 41.2 Å². The van der Waals surface area contributed by atoms with Gasteiger partial charge in [-0.2, -0.15) is 18.2 Å². The van der Waals surface area contributed by atoms with Crippen LogP contribution in [0.4, 0.5) is 19.0 Å². The predicted molar refractivity (Wildman–Crippen MR) is 108 cm³/mol. The topological polar surface area (TPSA) is 84.7 Å². The van der Waals surface area contributed by atoms with Crippen LogP contribution in [-0.2, 0) is 28.8 Å². The molecule has 1 unspecified atom stereocenters. The van der Waals surface area contributed by atoms with Gasteiger partial charge >= 0.3 is 6.18 Å². The first-order valence-electron chi connectivity index (χ1n) is 10.3. The van der Waals surface area contributed by atoms with Crippen molar-refractivity contribution in [3.63, 3.8) is 0 Å². The third kappa shape index (κ3) is 3.46. The van der Waals surface area contributed by atoms with Crippen molar-refractivity contribution in [3.8, 4) is 0 Å². The summed E-state index contributed by atoms with van der Waals surface area (Å²) in [6.45, 7) is 5.15. The number of aryl methyl sites for hydroxylation is 1. The maximum absolute atomic E-state index is 13.1. The third-order valence-electron chi connectivity index (χ3n) is 5.98. The zero-order chi connectivity index (χ0) is 22.6. The van der Waals surface area contributed by atoms with E-state index in [0.717, 1.165) is 23.4 Å². The molecule has 1 saturated heterocycles. The molecule has 0 saturated carbocycles. The van der Waals surface area contributed by atoms with Gasteiger partial charge in [-0.3, -0.25) is 9.20 Å². The molecule has 1 amide bonds. The standard InChI is InChI=1S/C21H21F3N6O2/c1-11(13-4-3-5-15(6-13)21(22,23)24)25-18-16-7-29(19(31)14-9-32-10-14)8-17(16)30-12(2)27-28-20(30)26-18/h3-6,11,14H,7-10H2,1-2H3,(H,25,26,28). The lowest BCUT2D eigenvalue weighted by Crippen LogP contribution is -2.42. The summed E-state index contributed by atoms with van der Waals surface area (Å²) in [6.07, 6.45) is -4.42. The Morgan fingerprint density at radius 1 is 1.25 bits per heavy atom. The molecule has 5 rings (SSSR count). The van der Waals surface area contributed by atoms with E-state index in [2.05, 4.69) is 20.5 Å².